The Bertz CT molecular complexity index is 567. The van der Waals surface area contributed by atoms with Crippen LogP contribution in [-0.2, 0) is 6.54 Å². The van der Waals surface area contributed by atoms with E-state index in [1.54, 1.807) is 24.4 Å². The number of aryl methyl sites for hydroxylation is 1. The zero-order valence-corrected chi connectivity index (χ0v) is 11.4. The molecule has 1 aromatic carbocycles. The van der Waals surface area contributed by atoms with Crippen LogP contribution in [-0.4, -0.2) is 29.3 Å². The minimum absolute atomic E-state index is 0.186. The van der Waals surface area contributed by atoms with Gasteiger partial charge >= 0.3 is 0 Å². The molecule has 0 saturated carbocycles. The highest BCUT2D eigenvalue weighted by Crippen LogP contribution is 2.20. The van der Waals surface area contributed by atoms with Crippen molar-refractivity contribution >= 4 is 11.6 Å². The van der Waals surface area contributed by atoms with Gasteiger partial charge in [0.25, 0.3) is 5.91 Å². The highest BCUT2D eigenvalue weighted by molar-refractivity contribution is 5.97. The van der Waals surface area contributed by atoms with Crippen molar-refractivity contribution < 1.29 is 9.53 Å². The summed E-state index contributed by atoms with van der Waals surface area (Å²) in [6.07, 6.45) is 4.43. The summed E-state index contributed by atoms with van der Waals surface area (Å²) in [5.41, 5.74) is 6.68. The number of carbonyl (C=O) groups is 1. The van der Waals surface area contributed by atoms with E-state index in [-0.39, 0.29) is 5.91 Å². The van der Waals surface area contributed by atoms with Gasteiger partial charge < -0.3 is 15.8 Å². The molecule has 0 radical (unpaired) electrons. The maximum Gasteiger partial charge on any atom is 0.255 e. The summed E-state index contributed by atoms with van der Waals surface area (Å²) in [6.45, 7) is 1.33. The van der Waals surface area contributed by atoms with Crippen LogP contribution in [0.1, 0.15) is 16.8 Å². The second kappa shape index (κ2) is 6.60. The van der Waals surface area contributed by atoms with Gasteiger partial charge in [-0.2, -0.15) is 5.10 Å². The molecule has 6 heteroatoms. The number of anilines is 1. The maximum atomic E-state index is 12.1. The van der Waals surface area contributed by atoms with Crippen LogP contribution in [0.25, 0.3) is 0 Å². The minimum Gasteiger partial charge on any atom is -0.496 e. The Hall–Kier alpha value is -2.50. The van der Waals surface area contributed by atoms with Crippen molar-refractivity contribution in [2.45, 2.75) is 13.0 Å². The molecular formula is C14H18N4O2. The predicted octanol–water partition coefficient (Wildman–Crippen LogP) is 1.29. The van der Waals surface area contributed by atoms with Gasteiger partial charge in [-0.05, 0) is 30.7 Å². The Morgan fingerprint density at radius 2 is 2.35 bits per heavy atom. The Labute approximate surface area is 117 Å². The van der Waals surface area contributed by atoms with Gasteiger partial charge in [0, 0.05) is 31.2 Å². The van der Waals surface area contributed by atoms with E-state index in [4.69, 9.17) is 10.5 Å². The third kappa shape index (κ3) is 3.50. The van der Waals surface area contributed by atoms with Gasteiger partial charge in [0.15, 0.2) is 0 Å². The standard InChI is InChI=1S/C14H18N4O2/c1-20-13-5-4-11(15)10-12(13)14(19)16-6-2-8-18-9-3-7-17-18/h3-5,7,9-10H,2,6,8,15H2,1H3,(H,16,19). The van der Waals surface area contributed by atoms with Crippen LogP contribution in [0.15, 0.2) is 36.7 Å². The van der Waals surface area contributed by atoms with Gasteiger partial charge in [0.1, 0.15) is 5.75 Å². The van der Waals surface area contributed by atoms with E-state index >= 15 is 0 Å². The van der Waals surface area contributed by atoms with Crippen molar-refractivity contribution in [3.8, 4) is 5.75 Å². The monoisotopic (exact) mass is 274 g/mol. The highest BCUT2D eigenvalue weighted by Gasteiger charge is 2.11. The van der Waals surface area contributed by atoms with Crippen molar-refractivity contribution in [1.82, 2.24) is 15.1 Å². The van der Waals surface area contributed by atoms with E-state index in [2.05, 4.69) is 10.4 Å². The molecule has 0 bridgehead atoms. The van der Waals surface area contributed by atoms with Crippen LogP contribution in [0.5, 0.6) is 5.75 Å². The summed E-state index contributed by atoms with van der Waals surface area (Å²) in [7, 11) is 1.53. The second-order valence-electron chi connectivity index (χ2n) is 4.34. The number of carbonyl (C=O) groups excluding carboxylic acids is 1. The number of methoxy groups -OCH3 is 1. The Kier molecular flexibility index (Phi) is 4.60. The number of nitrogens with zero attached hydrogens (tertiary/aromatic N) is 2. The molecule has 1 heterocycles. The zero-order chi connectivity index (χ0) is 14.4. The molecule has 106 valence electrons. The van der Waals surface area contributed by atoms with Crippen LogP contribution in [0, 0.1) is 0 Å². The predicted molar refractivity (Wildman–Crippen MR) is 76.6 cm³/mol. The van der Waals surface area contributed by atoms with E-state index in [9.17, 15) is 4.79 Å². The average Bonchev–Trinajstić information content (AvgIpc) is 2.96. The summed E-state index contributed by atoms with van der Waals surface area (Å²) in [5, 5.41) is 6.95. The molecule has 2 aromatic rings. The molecule has 0 aliphatic rings. The van der Waals surface area contributed by atoms with E-state index in [0.29, 0.717) is 23.5 Å². The lowest BCUT2D eigenvalue weighted by Crippen LogP contribution is -2.25. The van der Waals surface area contributed by atoms with Crippen molar-refractivity contribution in [3.63, 3.8) is 0 Å². The minimum atomic E-state index is -0.186. The van der Waals surface area contributed by atoms with Gasteiger partial charge in [-0.15, -0.1) is 0 Å². The molecule has 0 spiro atoms. The van der Waals surface area contributed by atoms with Crippen LogP contribution < -0.4 is 15.8 Å². The van der Waals surface area contributed by atoms with Gasteiger partial charge in [-0.1, -0.05) is 0 Å². The molecule has 2 rings (SSSR count). The number of nitrogens with one attached hydrogen (secondary N) is 1. The number of nitrogen functional groups attached to an aromatic ring is 1. The number of rotatable bonds is 6. The zero-order valence-electron chi connectivity index (χ0n) is 11.4. The van der Waals surface area contributed by atoms with Crippen LogP contribution in [0.4, 0.5) is 5.69 Å². The van der Waals surface area contributed by atoms with E-state index in [1.165, 1.54) is 7.11 Å². The summed E-state index contributed by atoms with van der Waals surface area (Å²) in [5.74, 6) is 0.332. The van der Waals surface area contributed by atoms with Crippen LogP contribution >= 0.6 is 0 Å². The topological polar surface area (TPSA) is 82.2 Å². The van der Waals surface area contributed by atoms with Crippen LogP contribution in [0.2, 0.25) is 0 Å². The maximum absolute atomic E-state index is 12.1. The van der Waals surface area contributed by atoms with Crippen molar-refractivity contribution in [2.75, 3.05) is 19.4 Å². The normalized spacial score (nSPS) is 10.2. The molecule has 0 unspecified atom stereocenters. The first-order valence-corrected chi connectivity index (χ1v) is 6.40. The number of hydrogen-bond donors (Lipinski definition) is 2. The summed E-state index contributed by atoms with van der Waals surface area (Å²) in [4.78, 5) is 12.1. The first-order valence-electron chi connectivity index (χ1n) is 6.40. The lowest BCUT2D eigenvalue weighted by atomic mass is 10.1. The molecule has 1 aromatic heterocycles. The molecule has 0 fully saturated rings. The molecule has 0 aliphatic heterocycles. The van der Waals surface area contributed by atoms with Gasteiger partial charge in [-0.3, -0.25) is 9.48 Å². The van der Waals surface area contributed by atoms with Crippen LogP contribution in [0.3, 0.4) is 0 Å². The average molecular weight is 274 g/mol. The van der Waals surface area contributed by atoms with Crippen molar-refractivity contribution in [3.05, 3.63) is 42.2 Å². The summed E-state index contributed by atoms with van der Waals surface area (Å²) in [6, 6.07) is 6.87. The Balaban J connectivity index is 1.87. The molecule has 6 nitrogen and oxygen atoms in total. The Morgan fingerprint density at radius 3 is 3.05 bits per heavy atom. The van der Waals surface area contributed by atoms with Crippen molar-refractivity contribution in [1.29, 1.82) is 0 Å². The number of aromatic nitrogens is 2. The van der Waals surface area contributed by atoms with E-state index in [1.807, 2.05) is 16.9 Å². The van der Waals surface area contributed by atoms with E-state index in [0.717, 1.165) is 13.0 Å². The smallest absolute Gasteiger partial charge is 0.255 e. The highest BCUT2D eigenvalue weighted by atomic mass is 16.5. The molecule has 20 heavy (non-hydrogen) atoms. The lowest BCUT2D eigenvalue weighted by molar-refractivity contribution is 0.0949. The third-order valence-electron chi connectivity index (χ3n) is 2.88. The molecule has 3 N–H and O–H groups in total. The quantitative estimate of drug-likeness (QED) is 0.614. The van der Waals surface area contributed by atoms with Gasteiger partial charge in [0.2, 0.25) is 0 Å². The number of benzene rings is 1. The molecule has 0 aliphatic carbocycles. The van der Waals surface area contributed by atoms with Crippen molar-refractivity contribution in [2.24, 2.45) is 0 Å². The van der Waals surface area contributed by atoms with Gasteiger partial charge in [0.05, 0.1) is 12.7 Å². The molecule has 0 saturated heterocycles. The first kappa shape index (κ1) is 13.9. The summed E-state index contributed by atoms with van der Waals surface area (Å²) < 4.78 is 6.98. The number of amides is 1. The Morgan fingerprint density at radius 1 is 1.50 bits per heavy atom. The first-order chi connectivity index (χ1) is 9.70. The fraction of sp³-hybridized carbons (Fsp3) is 0.286. The fourth-order valence-electron chi connectivity index (χ4n) is 1.87. The molecular weight excluding hydrogens is 256 g/mol. The van der Waals surface area contributed by atoms with Gasteiger partial charge in [-0.25, -0.2) is 0 Å². The third-order valence-corrected chi connectivity index (χ3v) is 2.88. The molecule has 1 amide bonds. The number of hydrogen-bond acceptors (Lipinski definition) is 4. The fourth-order valence-corrected chi connectivity index (χ4v) is 1.87. The second-order valence-corrected chi connectivity index (χ2v) is 4.34. The van der Waals surface area contributed by atoms with E-state index < -0.39 is 0 Å². The number of nitrogens with two attached hydrogens (primary N) is 1. The lowest BCUT2D eigenvalue weighted by Gasteiger charge is -2.10. The SMILES string of the molecule is COc1ccc(N)cc1C(=O)NCCCn1cccn1. The number of ether oxygens (including phenoxy) is 1. The summed E-state index contributed by atoms with van der Waals surface area (Å²) >= 11 is 0. The largest absolute Gasteiger partial charge is 0.496 e. The molecule has 0 atom stereocenters.